The molecule has 0 bridgehead atoms. The Morgan fingerprint density at radius 3 is 2.36 bits per heavy atom. The van der Waals surface area contributed by atoms with E-state index in [1.54, 1.807) is 24.3 Å². The normalized spacial score (nSPS) is 16.8. The number of hydrogen-bond donors (Lipinski definition) is 1. The molecular weight excluding hydrogens is 298 g/mol. The Hall–Kier alpha value is -1.36. The van der Waals surface area contributed by atoms with E-state index in [-0.39, 0.29) is 17.7 Å². The molecule has 0 aromatic heterocycles. The van der Waals surface area contributed by atoms with E-state index in [9.17, 15) is 13.2 Å². The van der Waals surface area contributed by atoms with Crippen molar-refractivity contribution < 1.29 is 13.2 Å². The highest BCUT2D eigenvalue weighted by molar-refractivity contribution is 7.89. The van der Waals surface area contributed by atoms with Crippen molar-refractivity contribution in [2.24, 2.45) is 5.92 Å². The predicted octanol–water partition coefficient (Wildman–Crippen LogP) is 2.93. The summed E-state index contributed by atoms with van der Waals surface area (Å²) in [7, 11) is -3.04. The van der Waals surface area contributed by atoms with Crippen LogP contribution in [0.4, 0.5) is 0 Å². The van der Waals surface area contributed by atoms with Crippen molar-refractivity contribution in [2.45, 2.75) is 50.8 Å². The van der Waals surface area contributed by atoms with Gasteiger partial charge in [-0.3, -0.25) is 4.79 Å². The smallest absolute Gasteiger partial charge is 0.251 e. The molecule has 0 spiro atoms. The summed E-state index contributed by atoms with van der Waals surface area (Å²) in [5, 5.41) is 3.15. The number of amides is 1. The molecule has 1 N–H and O–H groups in total. The third kappa shape index (κ3) is 4.83. The Morgan fingerprint density at radius 2 is 1.91 bits per heavy atom. The van der Waals surface area contributed by atoms with Gasteiger partial charge < -0.3 is 5.32 Å². The van der Waals surface area contributed by atoms with Crippen LogP contribution in [0.3, 0.4) is 0 Å². The topological polar surface area (TPSA) is 63.2 Å². The van der Waals surface area contributed by atoms with Gasteiger partial charge in [-0.2, -0.15) is 0 Å². The van der Waals surface area contributed by atoms with E-state index in [1.807, 2.05) is 0 Å². The second kappa shape index (κ2) is 7.27. The van der Waals surface area contributed by atoms with Gasteiger partial charge in [-0.05, 0) is 42.9 Å². The van der Waals surface area contributed by atoms with Crippen molar-refractivity contribution in [1.82, 2.24) is 5.32 Å². The van der Waals surface area contributed by atoms with Crippen LogP contribution < -0.4 is 5.32 Å². The molecule has 0 radical (unpaired) electrons. The molecule has 1 aromatic carbocycles. The molecule has 2 rings (SSSR count). The van der Waals surface area contributed by atoms with Crippen LogP contribution in [0.25, 0.3) is 0 Å². The first kappa shape index (κ1) is 17.0. The monoisotopic (exact) mass is 323 g/mol. The van der Waals surface area contributed by atoms with Gasteiger partial charge >= 0.3 is 0 Å². The molecule has 1 atom stereocenters. The van der Waals surface area contributed by atoms with Crippen molar-refractivity contribution in [1.29, 1.82) is 0 Å². The van der Waals surface area contributed by atoms with Crippen LogP contribution in [0, 0.1) is 5.92 Å². The zero-order chi connectivity index (χ0) is 16.2. The number of nitrogens with one attached hydrogen (secondary N) is 1. The fourth-order valence-electron chi connectivity index (χ4n) is 2.89. The number of sulfone groups is 1. The summed E-state index contributed by atoms with van der Waals surface area (Å²) >= 11 is 0. The van der Waals surface area contributed by atoms with Crippen LogP contribution in [0.2, 0.25) is 0 Å². The molecule has 1 aliphatic rings. The number of rotatable bonds is 7. The molecule has 1 amide bonds. The second-order valence-electron chi connectivity index (χ2n) is 6.33. The molecule has 0 unspecified atom stereocenters. The number of carbonyl (C=O) groups is 1. The molecular formula is C17H25NO3S. The van der Waals surface area contributed by atoms with Crippen molar-refractivity contribution in [2.75, 3.05) is 6.26 Å². The van der Waals surface area contributed by atoms with E-state index in [0.29, 0.717) is 17.0 Å². The lowest BCUT2D eigenvalue weighted by Gasteiger charge is -2.34. The SMILES string of the molecule is CCC[C@H](NC(=O)c1ccc(CS(C)(=O)=O)cc1)C1CCC1. The van der Waals surface area contributed by atoms with Gasteiger partial charge in [0.1, 0.15) is 0 Å². The summed E-state index contributed by atoms with van der Waals surface area (Å²) < 4.78 is 22.5. The number of carbonyl (C=O) groups excluding carboxylic acids is 1. The summed E-state index contributed by atoms with van der Waals surface area (Å²) in [6.45, 7) is 2.14. The zero-order valence-electron chi connectivity index (χ0n) is 13.3. The highest BCUT2D eigenvalue weighted by atomic mass is 32.2. The molecule has 1 saturated carbocycles. The third-order valence-corrected chi connectivity index (χ3v) is 5.14. The summed E-state index contributed by atoms with van der Waals surface area (Å²) in [5.74, 6) is 0.569. The quantitative estimate of drug-likeness (QED) is 0.839. The minimum Gasteiger partial charge on any atom is -0.349 e. The maximum atomic E-state index is 12.3. The lowest BCUT2D eigenvalue weighted by molar-refractivity contribution is 0.0896. The van der Waals surface area contributed by atoms with Crippen molar-refractivity contribution >= 4 is 15.7 Å². The summed E-state index contributed by atoms with van der Waals surface area (Å²) in [5.41, 5.74) is 1.31. The van der Waals surface area contributed by atoms with Gasteiger partial charge in [-0.15, -0.1) is 0 Å². The lowest BCUT2D eigenvalue weighted by atomic mass is 9.78. The molecule has 5 heteroatoms. The van der Waals surface area contributed by atoms with Crippen LogP contribution in [0.1, 0.15) is 54.9 Å². The average molecular weight is 323 g/mol. The van der Waals surface area contributed by atoms with Gasteiger partial charge in [0.05, 0.1) is 5.75 Å². The average Bonchev–Trinajstić information content (AvgIpc) is 2.35. The van der Waals surface area contributed by atoms with Gasteiger partial charge in [0.25, 0.3) is 5.91 Å². The fourth-order valence-corrected chi connectivity index (χ4v) is 3.68. The van der Waals surface area contributed by atoms with Gasteiger partial charge in [-0.1, -0.05) is 31.9 Å². The third-order valence-electron chi connectivity index (χ3n) is 4.28. The first-order chi connectivity index (χ1) is 10.4. The maximum absolute atomic E-state index is 12.3. The van der Waals surface area contributed by atoms with E-state index < -0.39 is 9.84 Å². The van der Waals surface area contributed by atoms with E-state index in [4.69, 9.17) is 0 Å². The molecule has 22 heavy (non-hydrogen) atoms. The zero-order valence-corrected chi connectivity index (χ0v) is 14.2. The molecule has 1 aromatic rings. The van der Waals surface area contributed by atoms with Crippen molar-refractivity contribution in [3.8, 4) is 0 Å². The molecule has 4 nitrogen and oxygen atoms in total. The van der Waals surface area contributed by atoms with Crippen LogP contribution >= 0.6 is 0 Å². The first-order valence-electron chi connectivity index (χ1n) is 7.96. The number of benzene rings is 1. The Labute approximate surface area is 133 Å². The largest absolute Gasteiger partial charge is 0.349 e. The van der Waals surface area contributed by atoms with Crippen LogP contribution in [-0.4, -0.2) is 26.6 Å². The molecule has 1 fully saturated rings. The molecule has 0 saturated heterocycles. The Balaban J connectivity index is 1.99. The molecule has 0 heterocycles. The van der Waals surface area contributed by atoms with Crippen LogP contribution in [0.5, 0.6) is 0 Å². The summed E-state index contributed by atoms with van der Waals surface area (Å²) in [4.78, 5) is 12.3. The Morgan fingerprint density at radius 1 is 1.27 bits per heavy atom. The molecule has 1 aliphatic carbocycles. The summed E-state index contributed by atoms with van der Waals surface area (Å²) in [6, 6.07) is 7.11. The molecule has 0 aliphatic heterocycles. The standard InChI is InChI=1S/C17H25NO3S/c1-3-5-16(14-6-4-7-14)18-17(19)15-10-8-13(9-11-15)12-22(2,20)21/h8-11,14,16H,3-7,12H2,1-2H3,(H,18,19)/t16-/m0/s1. The first-order valence-corrected chi connectivity index (χ1v) is 10.0. The van der Waals surface area contributed by atoms with E-state index >= 15 is 0 Å². The van der Waals surface area contributed by atoms with Gasteiger partial charge in [0.15, 0.2) is 9.84 Å². The van der Waals surface area contributed by atoms with Crippen molar-refractivity contribution in [3.63, 3.8) is 0 Å². The second-order valence-corrected chi connectivity index (χ2v) is 8.47. The fraction of sp³-hybridized carbons (Fsp3) is 0.588. The van der Waals surface area contributed by atoms with Crippen molar-refractivity contribution in [3.05, 3.63) is 35.4 Å². The van der Waals surface area contributed by atoms with E-state index in [2.05, 4.69) is 12.2 Å². The minimum absolute atomic E-state index is 0.00936. The van der Waals surface area contributed by atoms with Crippen LogP contribution in [0.15, 0.2) is 24.3 Å². The highest BCUT2D eigenvalue weighted by Crippen LogP contribution is 2.31. The Bertz CT molecular complexity index is 603. The number of hydrogen-bond acceptors (Lipinski definition) is 3. The van der Waals surface area contributed by atoms with E-state index in [0.717, 1.165) is 12.8 Å². The lowest BCUT2D eigenvalue weighted by Crippen LogP contribution is -2.42. The summed E-state index contributed by atoms with van der Waals surface area (Å²) in [6.07, 6.45) is 6.97. The van der Waals surface area contributed by atoms with Gasteiger partial charge in [0.2, 0.25) is 0 Å². The highest BCUT2D eigenvalue weighted by Gasteiger charge is 2.27. The van der Waals surface area contributed by atoms with Crippen LogP contribution in [-0.2, 0) is 15.6 Å². The maximum Gasteiger partial charge on any atom is 0.251 e. The van der Waals surface area contributed by atoms with E-state index in [1.165, 1.54) is 25.5 Å². The Kier molecular flexibility index (Phi) is 5.62. The minimum atomic E-state index is -3.04. The van der Waals surface area contributed by atoms with Gasteiger partial charge in [0, 0.05) is 17.9 Å². The van der Waals surface area contributed by atoms with Gasteiger partial charge in [-0.25, -0.2) is 8.42 Å². The predicted molar refractivity (Wildman–Crippen MR) is 88.5 cm³/mol. The molecule has 122 valence electrons.